The SMILES string of the molecule is Cc1cccc2c1-c1ccc(C(=O)O)cc1C2N. The number of fused-ring (bicyclic) bond motifs is 3. The molecule has 0 fully saturated rings. The summed E-state index contributed by atoms with van der Waals surface area (Å²) < 4.78 is 0. The number of hydrogen-bond donors (Lipinski definition) is 2. The second-order valence-corrected chi connectivity index (χ2v) is 4.62. The van der Waals surface area contributed by atoms with Crippen LogP contribution >= 0.6 is 0 Å². The van der Waals surface area contributed by atoms with Crippen LogP contribution in [-0.4, -0.2) is 11.1 Å². The highest BCUT2D eigenvalue weighted by Crippen LogP contribution is 2.43. The fraction of sp³-hybridized carbons (Fsp3) is 0.133. The third-order valence-corrected chi connectivity index (χ3v) is 3.54. The fourth-order valence-electron chi connectivity index (χ4n) is 2.67. The number of carboxylic acids is 1. The number of hydrogen-bond acceptors (Lipinski definition) is 2. The molecule has 1 aliphatic carbocycles. The zero-order valence-electron chi connectivity index (χ0n) is 9.97. The summed E-state index contributed by atoms with van der Waals surface area (Å²) in [6.45, 7) is 2.05. The van der Waals surface area contributed by atoms with E-state index in [4.69, 9.17) is 10.8 Å². The minimum Gasteiger partial charge on any atom is -0.478 e. The van der Waals surface area contributed by atoms with Gasteiger partial charge in [-0.05, 0) is 46.9 Å². The lowest BCUT2D eigenvalue weighted by molar-refractivity contribution is 0.0697. The molecule has 2 aromatic carbocycles. The van der Waals surface area contributed by atoms with Crippen molar-refractivity contribution in [3.8, 4) is 11.1 Å². The van der Waals surface area contributed by atoms with E-state index in [1.165, 1.54) is 5.56 Å². The normalized spacial score (nSPS) is 16.2. The number of rotatable bonds is 1. The molecule has 0 heterocycles. The van der Waals surface area contributed by atoms with Gasteiger partial charge in [0.05, 0.1) is 11.6 Å². The van der Waals surface area contributed by atoms with Gasteiger partial charge in [0.25, 0.3) is 0 Å². The third-order valence-electron chi connectivity index (χ3n) is 3.54. The highest BCUT2D eigenvalue weighted by atomic mass is 16.4. The van der Waals surface area contributed by atoms with Crippen molar-refractivity contribution in [1.29, 1.82) is 0 Å². The molecule has 3 heteroatoms. The van der Waals surface area contributed by atoms with Gasteiger partial charge in [-0.1, -0.05) is 24.3 Å². The molecule has 0 saturated heterocycles. The number of nitrogens with two attached hydrogens (primary N) is 1. The van der Waals surface area contributed by atoms with E-state index in [9.17, 15) is 4.79 Å². The largest absolute Gasteiger partial charge is 0.478 e. The van der Waals surface area contributed by atoms with Gasteiger partial charge in [-0.25, -0.2) is 4.79 Å². The van der Waals surface area contributed by atoms with E-state index in [1.807, 2.05) is 31.2 Å². The maximum Gasteiger partial charge on any atom is 0.335 e. The van der Waals surface area contributed by atoms with E-state index in [2.05, 4.69) is 0 Å². The standard InChI is InChI=1S/C15H13NO2/c1-8-3-2-4-11-13(8)10-6-5-9(15(17)18)7-12(10)14(11)16/h2-7,14H,16H2,1H3,(H,17,18). The van der Waals surface area contributed by atoms with Crippen molar-refractivity contribution in [3.05, 3.63) is 58.7 Å². The van der Waals surface area contributed by atoms with Gasteiger partial charge in [0.1, 0.15) is 0 Å². The predicted molar refractivity (Wildman–Crippen MR) is 69.6 cm³/mol. The van der Waals surface area contributed by atoms with Crippen LogP contribution in [0, 0.1) is 6.92 Å². The first kappa shape index (κ1) is 11.0. The molecular weight excluding hydrogens is 226 g/mol. The number of benzene rings is 2. The molecule has 2 aromatic rings. The molecule has 18 heavy (non-hydrogen) atoms. The van der Waals surface area contributed by atoms with Crippen LogP contribution in [-0.2, 0) is 0 Å². The Morgan fingerprint density at radius 3 is 2.72 bits per heavy atom. The van der Waals surface area contributed by atoms with E-state index >= 15 is 0 Å². The molecule has 0 bridgehead atoms. The van der Waals surface area contributed by atoms with E-state index in [1.54, 1.807) is 12.1 Å². The Morgan fingerprint density at radius 1 is 1.22 bits per heavy atom. The second-order valence-electron chi connectivity index (χ2n) is 4.62. The Kier molecular flexibility index (Phi) is 2.25. The summed E-state index contributed by atoms with van der Waals surface area (Å²) in [6.07, 6.45) is 0. The zero-order chi connectivity index (χ0) is 12.9. The molecule has 0 aromatic heterocycles. The molecule has 1 unspecified atom stereocenters. The summed E-state index contributed by atoms with van der Waals surface area (Å²) in [4.78, 5) is 11.0. The number of carboxylic acid groups (broad SMARTS) is 1. The Balaban J connectivity index is 2.28. The van der Waals surface area contributed by atoms with Gasteiger partial charge in [-0.3, -0.25) is 0 Å². The molecule has 0 saturated carbocycles. The van der Waals surface area contributed by atoms with Gasteiger partial charge in [-0.15, -0.1) is 0 Å². The fourth-order valence-corrected chi connectivity index (χ4v) is 2.67. The Hall–Kier alpha value is -2.13. The summed E-state index contributed by atoms with van der Waals surface area (Å²) in [7, 11) is 0. The first-order valence-corrected chi connectivity index (χ1v) is 5.82. The van der Waals surface area contributed by atoms with E-state index in [-0.39, 0.29) is 11.6 Å². The lowest BCUT2D eigenvalue weighted by atomic mass is 10.00. The minimum absolute atomic E-state index is 0.228. The smallest absolute Gasteiger partial charge is 0.335 e. The second kappa shape index (κ2) is 3.68. The van der Waals surface area contributed by atoms with Crippen molar-refractivity contribution in [3.63, 3.8) is 0 Å². The Bertz CT molecular complexity index is 662. The van der Waals surface area contributed by atoms with Gasteiger partial charge in [0, 0.05) is 0 Å². The maximum atomic E-state index is 11.0. The van der Waals surface area contributed by atoms with E-state index < -0.39 is 5.97 Å². The van der Waals surface area contributed by atoms with Crippen molar-refractivity contribution < 1.29 is 9.90 Å². The van der Waals surface area contributed by atoms with Crippen LogP contribution in [0.2, 0.25) is 0 Å². The molecule has 3 rings (SSSR count). The van der Waals surface area contributed by atoms with Crippen LogP contribution in [0.25, 0.3) is 11.1 Å². The van der Waals surface area contributed by atoms with E-state index in [0.717, 1.165) is 22.3 Å². The topological polar surface area (TPSA) is 63.3 Å². The summed E-state index contributed by atoms with van der Waals surface area (Å²) in [6, 6.07) is 11.0. The van der Waals surface area contributed by atoms with Crippen LogP contribution in [0.1, 0.15) is 33.1 Å². The van der Waals surface area contributed by atoms with Gasteiger partial charge in [0.15, 0.2) is 0 Å². The maximum absolute atomic E-state index is 11.0. The number of aromatic carboxylic acids is 1. The molecule has 0 amide bonds. The highest BCUT2D eigenvalue weighted by Gasteiger charge is 2.27. The lowest BCUT2D eigenvalue weighted by Crippen LogP contribution is -2.09. The highest BCUT2D eigenvalue weighted by molar-refractivity contribution is 5.91. The Morgan fingerprint density at radius 2 is 2.00 bits per heavy atom. The summed E-state index contributed by atoms with van der Waals surface area (Å²) >= 11 is 0. The third kappa shape index (κ3) is 1.38. The molecule has 3 nitrogen and oxygen atoms in total. The average Bonchev–Trinajstić information content (AvgIpc) is 2.64. The van der Waals surface area contributed by atoms with Crippen LogP contribution in [0.3, 0.4) is 0 Å². The molecule has 1 aliphatic rings. The van der Waals surface area contributed by atoms with Gasteiger partial charge in [0.2, 0.25) is 0 Å². The van der Waals surface area contributed by atoms with Crippen LogP contribution in [0.15, 0.2) is 36.4 Å². The van der Waals surface area contributed by atoms with Crippen LogP contribution < -0.4 is 5.73 Å². The van der Waals surface area contributed by atoms with Crippen LogP contribution in [0.5, 0.6) is 0 Å². The Labute approximate surface area is 105 Å². The molecule has 0 aliphatic heterocycles. The molecule has 0 spiro atoms. The first-order chi connectivity index (χ1) is 8.59. The molecular formula is C15H13NO2. The molecule has 90 valence electrons. The van der Waals surface area contributed by atoms with Gasteiger partial charge < -0.3 is 10.8 Å². The zero-order valence-corrected chi connectivity index (χ0v) is 9.97. The number of aryl methyl sites for hydroxylation is 1. The number of carbonyl (C=O) groups is 1. The summed E-state index contributed by atoms with van der Waals surface area (Å²) in [5.41, 5.74) is 11.8. The van der Waals surface area contributed by atoms with Crippen molar-refractivity contribution in [2.45, 2.75) is 13.0 Å². The monoisotopic (exact) mass is 239 g/mol. The van der Waals surface area contributed by atoms with Crippen molar-refractivity contribution in [1.82, 2.24) is 0 Å². The minimum atomic E-state index is -0.919. The summed E-state index contributed by atoms with van der Waals surface area (Å²) in [5.74, 6) is -0.919. The van der Waals surface area contributed by atoms with Crippen molar-refractivity contribution >= 4 is 5.97 Å². The van der Waals surface area contributed by atoms with E-state index in [0.29, 0.717) is 0 Å². The first-order valence-electron chi connectivity index (χ1n) is 5.82. The average molecular weight is 239 g/mol. The summed E-state index contributed by atoms with van der Waals surface area (Å²) in [5, 5.41) is 9.03. The van der Waals surface area contributed by atoms with Crippen molar-refractivity contribution in [2.75, 3.05) is 0 Å². The quantitative estimate of drug-likeness (QED) is 0.804. The molecule has 3 N–H and O–H groups in total. The molecule has 1 atom stereocenters. The van der Waals surface area contributed by atoms with Gasteiger partial charge in [-0.2, -0.15) is 0 Å². The predicted octanol–water partition coefficient (Wildman–Crippen LogP) is 2.72. The lowest BCUT2D eigenvalue weighted by Gasteiger charge is -2.06. The molecule has 0 radical (unpaired) electrons. The van der Waals surface area contributed by atoms with Gasteiger partial charge >= 0.3 is 5.97 Å². The van der Waals surface area contributed by atoms with Crippen LogP contribution in [0.4, 0.5) is 0 Å². The van der Waals surface area contributed by atoms with Crippen molar-refractivity contribution in [2.24, 2.45) is 5.73 Å².